The van der Waals surface area contributed by atoms with Crippen molar-refractivity contribution in [2.45, 2.75) is 30.7 Å². The molecule has 8 heteroatoms. The molecule has 1 fully saturated rings. The van der Waals surface area contributed by atoms with Crippen molar-refractivity contribution in [2.75, 3.05) is 26.8 Å². The van der Waals surface area contributed by atoms with Gasteiger partial charge in [0.25, 0.3) is 0 Å². The third-order valence-electron chi connectivity index (χ3n) is 5.15. The summed E-state index contributed by atoms with van der Waals surface area (Å²) in [6, 6.07) is 15.5. The van der Waals surface area contributed by atoms with Gasteiger partial charge < -0.3 is 14.8 Å². The number of methoxy groups -OCH3 is 1. The van der Waals surface area contributed by atoms with Gasteiger partial charge in [0.1, 0.15) is 18.1 Å². The van der Waals surface area contributed by atoms with E-state index in [-0.39, 0.29) is 22.8 Å². The first kappa shape index (κ1) is 22.1. The van der Waals surface area contributed by atoms with E-state index in [0.29, 0.717) is 38.3 Å². The Morgan fingerprint density at radius 3 is 2.27 bits per heavy atom. The molecule has 0 spiro atoms. The lowest BCUT2D eigenvalue weighted by Crippen LogP contribution is -2.45. The highest BCUT2D eigenvalue weighted by atomic mass is 32.2. The van der Waals surface area contributed by atoms with Crippen LogP contribution in [0.1, 0.15) is 19.8 Å². The van der Waals surface area contributed by atoms with Crippen LogP contribution < -0.4 is 14.8 Å². The molecule has 0 aromatic heterocycles. The minimum absolute atomic E-state index is 0.0578. The third-order valence-corrected chi connectivity index (χ3v) is 7.07. The molecule has 1 heterocycles. The minimum Gasteiger partial charge on any atom is -0.497 e. The predicted octanol–water partition coefficient (Wildman–Crippen LogP) is 2.68. The largest absolute Gasteiger partial charge is 0.497 e. The molecule has 1 aliphatic rings. The Labute approximate surface area is 178 Å². The molecule has 7 nitrogen and oxygen atoms in total. The Hall–Kier alpha value is -2.58. The lowest BCUT2D eigenvalue weighted by atomic mass is 9.97. The zero-order valence-electron chi connectivity index (χ0n) is 17.3. The van der Waals surface area contributed by atoms with E-state index < -0.39 is 10.0 Å². The summed E-state index contributed by atoms with van der Waals surface area (Å²) < 4.78 is 37.7. The van der Waals surface area contributed by atoms with E-state index in [1.54, 1.807) is 37.4 Å². The molecule has 162 valence electrons. The summed E-state index contributed by atoms with van der Waals surface area (Å²) >= 11 is 0. The van der Waals surface area contributed by atoms with Gasteiger partial charge >= 0.3 is 0 Å². The van der Waals surface area contributed by atoms with Gasteiger partial charge in [-0.2, -0.15) is 4.31 Å². The number of sulfonamides is 1. The van der Waals surface area contributed by atoms with Crippen LogP contribution in [-0.2, 0) is 14.8 Å². The van der Waals surface area contributed by atoms with Crippen molar-refractivity contribution in [2.24, 2.45) is 5.92 Å². The van der Waals surface area contributed by atoms with Crippen molar-refractivity contribution in [1.29, 1.82) is 0 Å². The monoisotopic (exact) mass is 432 g/mol. The summed E-state index contributed by atoms with van der Waals surface area (Å²) in [4.78, 5) is 12.9. The fourth-order valence-electron chi connectivity index (χ4n) is 3.40. The highest BCUT2D eigenvalue weighted by molar-refractivity contribution is 7.89. The maximum atomic E-state index is 12.7. The Morgan fingerprint density at radius 1 is 1.07 bits per heavy atom. The molecule has 0 saturated carbocycles. The normalized spacial score (nSPS) is 16.6. The number of rotatable bonds is 8. The molecular weight excluding hydrogens is 404 g/mol. The predicted molar refractivity (Wildman–Crippen MR) is 114 cm³/mol. The first-order valence-electron chi connectivity index (χ1n) is 10.0. The second-order valence-electron chi connectivity index (χ2n) is 7.39. The number of hydrogen-bond donors (Lipinski definition) is 1. The Balaban J connectivity index is 1.45. The Kier molecular flexibility index (Phi) is 7.33. The summed E-state index contributed by atoms with van der Waals surface area (Å²) in [5.41, 5.74) is 0. The lowest BCUT2D eigenvalue weighted by Gasteiger charge is -2.31. The van der Waals surface area contributed by atoms with Gasteiger partial charge in [-0.1, -0.05) is 18.2 Å². The number of benzene rings is 2. The quantitative estimate of drug-likeness (QED) is 0.693. The highest BCUT2D eigenvalue weighted by Gasteiger charge is 2.32. The van der Waals surface area contributed by atoms with Gasteiger partial charge in [0.05, 0.1) is 18.0 Å². The second kappa shape index (κ2) is 9.95. The van der Waals surface area contributed by atoms with Crippen molar-refractivity contribution < 1.29 is 22.7 Å². The third kappa shape index (κ3) is 5.52. The summed E-state index contributed by atoms with van der Waals surface area (Å²) in [6.07, 6.45) is 1.01. The first-order valence-corrected chi connectivity index (χ1v) is 11.5. The van der Waals surface area contributed by atoms with E-state index in [0.717, 1.165) is 5.75 Å². The van der Waals surface area contributed by atoms with E-state index in [4.69, 9.17) is 9.47 Å². The Morgan fingerprint density at radius 2 is 1.67 bits per heavy atom. The molecule has 3 rings (SSSR count). The van der Waals surface area contributed by atoms with Gasteiger partial charge in [0.2, 0.25) is 15.9 Å². The lowest BCUT2D eigenvalue weighted by molar-refractivity contribution is -0.126. The zero-order valence-corrected chi connectivity index (χ0v) is 18.1. The maximum Gasteiger partial charge on any atom is 0.243 e. The molecule has 2 aromatic rings. The van der Waals surface area contributed by atoms with Crippen molar-refractivity contribution in [3.05, 3.63) is 54.6 Å². The molecule has 1 aliphatic heterocycles. The average Bonchev–Trinajstić information content (AvgIpc) is 2.78. The van der Waals surface area contributed by atoms with Gasteiger partial charge in [0.15, 0.2) is 0 Å². The number of carbonyl (C=O) groups excluding carboxylic acids is 1. The minimum atomic E-state index is -3.51. The second-order valence-corrected chi connectivity index (χ2v) is 9.33. The fraction of sp³-hybridized carbons (Fsp3) is 0.409. The zero-order chi connectivity index (χ0) is 21.6. The van der Waals surface area contributed by atoms with Gasteiger partial charge in [0, 0.05) is 19.0 Å². The van der Waals surface area contributed by atoms with Crippen LogP contribution in [0.2, 0.25) is 0 Å². The summed E-state index contributed by atoms with van der Waals surface area (Å²) in [5.74, 6) is 1.20. The van der Waals surface area contributed by atoms with Crippen LogP contribution in [-0.4, -0.2) is 51.5 Å². The van der Waals surface area contributed by atoms with Crippen LogP contribution in [0.5, 0.6) is 11.5 Å². The number of nitrogens with zero attached hydrogens (tertiary/aromatic N) is 1. The molecule has 2 aromatic carbocycles. The van der Waals surface area contributed by atoms with E-state index in [2.05, 4.69) is 5.32 Å². The number of ether oxygens (including phenoxy) is 2. The molecule has 1 atom stereocenters. The summed E-state index contributed by atoms with van der Waals surface area (Å²) in [5, 5.41) is 2.97. The molecule has 0 bridgehead atoms. The fourth-order valence-corrected chi connectivity index (χ4v) is 4.89. The number of carbonyl (C=O) groups is 1. The standard InChI is InChI=1S/C22H28N2O5S/c1-17(16-29-20-10-8-19(28-2)9-11-20)23-22(25)18-12-14-24(15-13-18)30(26,27)21-6-4-3-5-7-21/h3-11,17-18H,12-16H2,1-2H3,(H,23,25)/t17-/m0/s1. The van der Waals surface area contributed by atoms with Crippen LogP contribution in [0, 0.1) is 5.92 Å². The summed E-state index contributed by atoms with van der Waals surface area (Å²) in [7, 11) is -1.90. The van der Waals surface area contributed by atoms with Crippen molar-refractivity contribution in [3.8, 4) is 11.5 Å². The highest BCUT2D eigenvalue weighted by Crippen LogP contribution is 2.24. The van der Waals surface area contributed by atoms with Gasteiger partial charge in [-0.3, -0.25) is 4.79 Å². The average molecular weight is 433 g/mol. The molecule has 1 N–H and O–H groups in total. The molecule has 30 heavy (non-hydrogen) atoms. The van der Waals surface area contributed by atoms with Crippen molar-refractivity contribution in [3.63, 3.8) is 0 Å². The maximum absolute atomic E-state index is 12.7. The molecular formula is C22H28N2O5S. The molecule has 0 unspecified atom stereocenters. The molecule has 0 radical (unpaired) electrons. The molecule has 0 aliphatic carbocycles. The van der Waals surface area contributed by atoms with Gasteiger partial charge in [-0.15, -0.1) is 0 Å². The first-order chi connectivity index (χ1) is 14.4. The van der Waals surface area contributed by atoms with Crippen LogP contribution >= 0.6 is 0 Å². The number of nitrogens with one attached hydrogen (secondary N) is 1. The van der Waals surface area contributed by atoms with Crippen LogP contribution in [0.4, 0.5) is 0 Å². The van der Waals surface area contributed by atoms with Crippen molar-refractivity contribution in [1.82, 2.24) is 9.62 Å². The van der Waals surface area contributed by atoms with Gasteiger partial charge in [-0.05, 0) is 56.2 Å². The number of piperidine rings is 1. The van der Waals surface area contributed by atoms with Gasteiger partial charge in [-0.25, -0.2) is 8.42 Å². The van der Waals surface area contributed by atoms with Crippen LogP contribution in [0.3, 0.4) is 0 Å². The smallest absolute Gasteiger partial charge is 0.243 e. The SMILES string of the molecule is COc1ccc(OC[C@H](C)NC(=O)C2CCN(S(=O)(=O)c3ccccc3)CC2)cc1. The summed E-state index contributed by atoms with van der Waals surface area (Å²) in [6.45, 7) is 2.91. The topological polar surface area (TPSA) is 84.9 Å². The molecule has 1 amide bonds. The van der Waals surface area contributed by atoms with Crippen LogP contribution in [0.15, 0.2) is 59.5 Å². The Bertz CT molecular complexity index is 924. The van der Waals surface area contributed by atoms with Crippen LogP contribution in [0.25, 0.3) is 0 Å². The van der Waals surface area contributed by atoms with E-state index in [1.807, 2.05) is 31.2 Å². The number of amides is 1. The van der Waals surface area contributed by atoms with E-state index in [9.17, 15) is 13.2 Å². The van der Waals surface area contributed by atoms with E-state index in [1.165, 1.54) is 4.31 Å². The van der Waals surface area contributed by atoms with Crippen molar-refractivity contribution >= 4 is 15.9 Å². The number of hydrogen-bond acceptors (Lipinski definition) is 5. The molecule has 1 saturated heterocycles. The van der Waals surface area contributed by atoms with E-state index >= 15 is 0 Å².